The first-order chi connectivity index (χ1) is 8.26. The van der Waals surface area contributed by atoms with Gasteiger partial charge < -0.3 is 11.1 Å². The monoisotopic (exact) mass is 250 g/mol. The van der Waals surface area contributed by atoms with Crippen LogP contribution in [0.5, 0.6) is 0 Å². The fourth-order valence-corrected chi connectivity index (χ4v) is 3.24. The molecular formula is C13H18N2OS. The van der Waals surface area contributed by atoms with Crippen LogP contribution >= 0.6 is 11.8 Å². The lowest BCUT2D eigenvalue weighted by atomic mass is 10.00. The number of amides is 1. The average Bonchev–Trinajstić information content (AvgIpc) is 2.79. The van der Waals surface area contributed by atoms with E-state index in [-0.39, 0.29) is 17.9 Å². The van der Waals surface area contributed by atoms with Gasteiger partial charge in [0.2, 0.25) is 5.91 Å². The summed E-state index contributed by atoms with van der Waals surface area (Å²) in [6.07, 6.45) is 0.879. The summed E-state index contributed by atoms with van der Waals surface area (Å²) in [6.45, 7) is 2.54. The van der Waals surface area contributed by atoms with E-state index >= 15 is 0 Å². The molecule has 0 spiro atoms. The van der Waals surface area contributed by atoms with Crippen molar-refractivity contribution in [2.24, 2.45) is 5.73 Å². The Balaban J connectivity index is 2.07. The highest BCUT2D eigenvalue weighted by Crippen LogP contribution is 2.39. The number of benzene rings is 1. The summed E-state index contributed by atoms with van der Waals surface area (Å²) in [5, 5.41) is 3.02. The molecule has 0 saturated heterocycles. The molecule has 1 aromatic carbocycles. The largest absolute Gasteiger partial charge is 0.352 e. The fraction of sp³-hybridized carbons (Fsp3) is 0.462. The van der Waals surface area contributed by atoms with Gasteiger partial charge in [0.05, 0.1) is 5.92 Å². The zero-order chi connectivity index (χ0) is 12.3. The van der Waals surface area contributed by atoms with Crippen molar-refractivity contribution >= 4 is 17.7 Å². The maximum Gasteiger partial charge on any atom is 0.228 e. The SMILES string of the molecule is CCC(CN)NC(=O)C1CSc2ccccc21. The molecule has 0 fully saturated rings. The van der Waals surface area contributed by atoms with Crippen LogP contribution in [0, 0.1) is 0 Å². The highest BCUT2D eigenvalue weighted by Gasteiger charge is 2.29. The van der Waals surface area contributed by atoms with Crippen LogP contribution in [-0.4, -0.2) is 24.2 Å². The minimum absolute atomic E-state index is 0.0169. The highest BCUT2D eigenvalue weighted by molar-refractivity contribution is 7.99. The Labute approximate surface area is 106 Å². The summed E-state index contributed by atoms with van der Waals surface area (Å²) in [5.74, 6) is 0.933. The zero-order valence-electron chi connectivity index (χ0n) is 9.98. The Morgan fingerprint density at radius 2 is 2.35 bits per heavy atom. The second kappa shape index (κ2) is 5.56. The molecule has 4 heteroatoms. The van der Waals surface area contributed by atoms with Gasteiger partial charge in [-0.25, -0.2) is 0 Å². The Morgan fingerprint density at radius 3 is 3.06 bits per heavy atom. The van der Waals surface area contributed by atoms with E-state index < -0.39 is 0 Å². The van der Waals surface area contributed by atoms with Crippen LogP contribution in [0.1, 0.15) is 24.8 Å². The average molecular weight is 250 g/mol. The summed E-state index contributed by atoms with van der Waals surface area (Å²) < 4.78 is 0. The van der Waals surface area contributed by atoms with Gasteiger partial charge in [0.25, 0.3) is 0 Å². The van der Waals surface area contributed by atoms with Gasteiger partial charge in [-0.05, 0) is 18.1 Å². The van der Waals surface area contributed by atoms with Gasteiger partial charge >= 0.3 is 0 Å². The summed E-state index contributed by atoms with van der Waals surface area (Å²) in [7, 11) is 0. The number of thioether (sulfide) groups is 1. The molecule has 1 aliphatic heterocycles. The van der Waals surface area contributed by atoms with Crippen molar-refractivity contribution in [3.05, 3.63) is 29.8 Å². The lowest BCUT2D eigenvalue weighted by molar-refractivity contribution is -0.122. The van der Waals surface area contributed by atoms with Gasteiger partial charge in [0.15, 0.2) is 0 Å². The van der Waals surface area contributed by atoms with Crippen LogP contribution in [0.2, 0.25) is 0 Å². The van der Waals surface area contributed by atoms with Crippen LogP contribution in [0.15, 0.2) is 29.2 Å². The molecule has 0 radical (unpaired) electrons. The molecule has 0 saturated carbocycles. The van der Waals surface area contributed by atoms with E-state index in [2.05, 4.69) is 11.4 Å². The third-order valence-electron chi connectivity index (χ3n) is 3.14. The van der Waals surface area contributed by atoms with Crippen LogP contribution in [-0.2, 0) is 4.79 Å². The standard InChI is InChI=1S/C13H18N2OS/c1-2-9(7-14)15-13(16)11-8-17-12-6-4-3-5-10(11)12/h3-6,9,11H,2,7-8,14H2,1H3,(H,15,16). The van der Waals surface area contributed by atoms with E-state index in [4.69, 9.17) is 5.73 Å². The Hall–Kier alpha value is -1.00. The molecule has 2 unspecified atom stereocenters. The topological polar surface area (TPSA) is 55.1 Å². The zero-order valence-corrected chi connectivity index (χ0v) is 10.8. The van der Waals surface area contributed by atoms with Crippen molar-refractivity contribution in [3.8, 4) is 0 Å². The highest BCUT2D eigenvalue weighted by atomic mass is 32.2. The fourth-order valence-electron chi connectivity index (χ4n) is 2.01. The Bertz CT molecular complexity index is 404. The number of rotatable bonds is 4. The number of carbonyl (C=O) groups is 1. The van der Waals surface area contributed by atoms with Crippen LogP contribution in [0.3, 0.4) is 0 Å². The third kappa shape index (κ3) is 2.64. The maximum absolute atomic E-state index is 12.2. The van der Waals surface area contributed by atoms with E-state index in [1.807, 2.05) is 25.1 Å². The van der Waals surface area contributed by atoms with E-state index in [9.17, 15) is 4.79 Å². The molecule has 0 aliphatic carbocycles. The summed E-state index contributed by atoms with van der Waals surface area (Å²) in [6, 6.07) is 8.23. The molecule has 2 atom stereocenters. The molecule has 1 amide bonds. The number of carbonyl (C=O) groups excluding carboxylic acids is 1. The van der Waals surface area contributed by atoms with Crippen molar-refractivity contribution < 1.29 is 4.79 Å². The molecule has 0 bridgehead atoms. The molecule has 1 aromatic rings. The second-order valence-electron chi connectivity index (χ2n) is 4.25. The van der Waals surface area contributed by atoms with Crippen LogP contribution < -0.4 is 11.1 Å². The quantitative estimate of drug-likeness (QED) is 0.855. The lowest BCUT2D eigenvalue weighted by Gasteiger charge is -2.18. The van der Waals surface area contributed by atoms with Gasteiger partial charge in [-0.15, -0.1) is 11.8 Å². The van der Waals surface area contributed by atoms with E-state index in [0.717, 1.165) is 17.7 Å². The van der Waals surface area contributed by atoms with Gasteiger partial charge in [-0.1, -0.05) is 25.1 Å². The minimum Gasteiger partial charge on any atom is -0.352 e. The van der Waals surface area contributed by atoms with E-state index in [1.54, 1.807) is 11.8 Å². The molecule has 0 aromatic heterocycles. The van der Waals surface area contributed by atoms with Crippen molar-refractivity contribution in [1.82, 2.24) is 5.32 Å². The van der Waals surface area contributed by atoms with Crippen molar-refractivity contribution in [2.75, 3.05) is 12.3 Å². The molecular weight excluding hydrogens is 232 g/mol. The smallest absolute Gasteiger partial charge is 0.228 e. The number of fused-ring (bicyclic) bond motifs is 1. The second-order valence-corrected chi connectivity index (χ2v) is 5.31. The summed E-state index contributed by atoms with van der Waals surface area (Å²) in [5.41, 5.74) is 6.76. The van der Waals surface area contributed by atoms with E-state index in [0.29, 0.717) is 6.54 Å². The number of nitrogens with one attached hydrogen (secondary N) is 1. The molecule has 3 N–H and O–H groups in total. The number of hydrogen-bond acceptors (Lipinski definition) is 3. The van der Waals surface area contributed by atoms with Crippen LogP contribution in [0.4, 0.5) is 0 Å². The summed E-state index contributed by atoms with van der Waals surface area (Å²) >= 11 is 1.75. The first kappa shape index (κ1) is 12.5. The maximum atomic E-state index is 12.2. The molecule has 17 heavy (non-hydrogen) atoms. The van der Waals surface area contributed by atoms with Crippen molar-refractivity contribution in [3.63, 3.8) is 0 Å². The molecule has 92 valence electrons. The molecule has 2 rings (SSSR count). The number of hydrogen-bond donors (Lipinski definition) is 2. The predicted molar refractivity (Wildman–Crippen MR) is 71.2 cm³/mol. The lowest BCUT2D eigenvalue weighted by Crippen LogP contribution is -2.42. The normalized spacial score (nSPS) is 19.8. The van der Waals surface area contributed by atoms with Gasteiger partial charge in [-0.2, -0.15) is 0 Å². The molecule has 1 heterocycles. The third-order valence-corrected chi connectivity index (χ3v) is 4.32. The first-order valence-electron chi connectivity index (χ1n) is 5.98. The van der Waals surface area contributed by atoms with Crippen molar-refractivity contribution in [1.29, 1.82) is 0 Å². The molecule has 1 aliphatic rings. The minimum atomic E-state index is -0.0169. The van der Waals surface area contributed by atoms with Gasteiger partial charge in [-0.3, -0.25) is 4.79 Å². The van der Waals surface area contributed by atoms with Gasteiger partial charge in [0.1, 0.15) is 0 Å². The number of nitrogens with two attached hydrogens (primary N) is 1. The first-order valence-corrected chi connectivity index (χ1v) is 6.97. The Kier molecular flexibility index (Phi) is 4.07. The van der Waals surface area contributed by atoms with Gasteiger partial charge in [0, 0.05) is 23.2 Å². The van der Waals surface area contributed by atoms with Crippen molar-refractivity contribution in [2.45, 2.75) is 30.2 Å². The summed E-state index contributed by atoms with van der Waals surface area (Å²) in [4.78, 5) is 13.4. The van der Waals surface area contributed by atoms with Crippen LogP contribution in [0.25, 0.3) is 0 Å². The molecule has 3 nitrogen and oxygen atoms in total. The predicted octanol–water partition coefficient (Wildman–Crippen LogP) is 1.73. The van der Waals surface area contributed by atoms with E-state index in [1.165, 1.54) is 4.90 Å². The Morgan fingerprint density at radius 1 is 1.59 bits per heavy atom.